The molecular weight excluding hydrogens is 399 g/mol. The number of benzene rings is 1. The van der Waals surface area contributed by atoms with E-state index in [0.717, 1.165) is 19.3 Å². The summed E-state index contributed by atoms with van der Waals surface area (Å²) in [5.74, 6) is -0.428. The summed E-state index contributed by atoms with van der Waals surface area (Å²) in [4.78, 5) is 14.6. The van der Waals surface area contributed by atoms with Gasteiger partial charge in [-0.2, -0.15) is 5.10 Å². The van der Waals surface area contributed by atoms with E-state index < -0.39 is 0 Å². The molecule has 0 saturated carbocycles. The summed E-state index contributed by atoms with van der Waals surface area (Å²) in [6, 6.07) is 6.03. The Kier molecular flexibility index (Phi) is 6.37. The average Bonchev–Trinajstić information content (AvgIpc) is 2.96. The Morgan fingerprint density at radius 3 is 2.71 bits per heavy atom. The lowest BCUT2D eigenvalue weighted by atomic mass is 10.0. The number of halogens is 3. The molecule has 1 saturated heterocycles. The molecule has 5 nitrogen and oxygen atoms in total. The number of hydrogen-bond acceptors (Lipinski definition) is 3. The first-order valence-corrected chi connectivity index (χ1v) is 8.41. The van der Waals surface area contributed by atoms with Gasteiger partial charge in [0.1, 0.15) is 5.82 Å². The highest BCUT2D eigenvalue weighted by atomic mass is 79.9. The fraction of sp³-hybridized carbons (Fsp3) is 0.375. The van der Waals surface area contributed by atoms with Crippen LogP contribution in [0, 0.1) is 5.82 Å². The molecule has 1 aliphatic heterocycles. The summed E-state index contributed by atoms with van der Waals surface area (Å²) < 4.78 is 15.2. The molecule has 0 bridgehead atoms. The van der Waals surface area contributed by atoms with Crippen molar-refractivity contribution in [2.75, 3.05) is 13.1 Å². The van der Waals surface area contributed by atoms with Crippen molar-refractivity contribution < 1.29 is 9.18 Å². The van der Waals surface area contributed by atoms with Crippen molar-refractivity contribution in [3.05, 3.63) is 46.4 Å². The topological polar surface area (TPSA) is 64.2 Å². The van der Waals surface area contributed by atoms with Crippen LogP contribution in [0.25, 0.3) is 5.69 Å². The molecule has 130 valence electrons. The quantitative estimate of drug-likeness (QED) is 0.834. The fourth-order valence-electron chi connectivity index (χ4n) is 2.87. The van der Waals surface area contributed by atoms with E-state index in [4.69, 9.17) is 5.73 Å². The molecule has 1 fully saturated rings. The van der Waals surface area contributed by atoms with E-state index in [-0.39, 0.29) is 30.2 Å². The maximum Gasteiger partial charge on any atom is 0.275 e. The predicted molar refractivity (Wildman–Crippen MR) is 96.2 cm³/mol. The molecule has 0 spiro atoms. The van der Waals surface area contributed by atoms with Crippen molar-refractivity contribution in [2.24, 2.45) is 5.73 Å². The van der Waals surface area contributed by atoms with Gasteiger partial charge in [-0.15, -0.1) is 12.4 Å². The zero-order valence-corrected chi connectivity index (χ0v) is 15.4. The van der Waals surface area contributed by atoms with Crippen molar-refractivity contribution in [1.29, 1.82) is 0 Å². The summed E-state index contributed by atoms with van der Waals surface area (Å²) in [6.45, 7) is 1.17. The molecule has 0 radical (unpaired) electrons. The number of carbonyl (C=O) groups excluding carboxylic acids is 1. The Bertz CT molecular complexity index is 707. The van der Waals surface area contributed by atoms with Crippen molar-refractivity contribution in [2.45, 2.75) is 25.3 Å². The molecule has 2 heterocycles. The van der Waals surface area contributed by atoms with E-state index in [2.05, 4.69) is 21.0 Å². The third-order valence-corrected chi connectivity index (χ3v) is 4.70. The van der Waals surface area contributed by atoms with Crippen molar-refractivity contribution in [3.8, 4) is 5.69 Å². The van der Waals surface area contributed by atoms with E-state index in [1.807, 2.05) is 4.90 Å². The average molecular weight is 418 g/mol. The van der Waals surface area contributed by atoms with Gasteiger partial charge in [0.2, 0.25) is 0 Å². The maximum absolute atomic E-state index is 13.0. The third-order valence-electron chi connectivity index (χ3n) is 4.12. The summed E-state index contributed by atoms with van der Waals surface area (Å²) >= 11 is 3.40. The second-order valence-corrected chi connectivity index (χ2v) is 6.48. The van der Waals surface area contributed by atoms with Crippen LogP contribution in [-0.2, 0) is 0 Å². The standard InChI is InChI=1S/C16H18BrFN4O.ClH/c17-14-10-22(12-6-4-11(18)5-7-12)20-15(14)16(23)21-8-2-1-3-13(21)9-19;/h4-7,10,13H,1-3,8-9,19H2;1H. The van der Waals surface area contributed by atoms with Gasteiger partial charge in [0.05, 0.1) is 10.2 Å². The first-order chi connectivity index (χ1) is 11.1. The van der Waals surface area contributed by atoms with E-state index in [9.17, 15) is 9.18 Å². The number of nitrogens with two attached hydrogens (primary N) is 1. The molecule has 1 aromatic heterocycles. The monoisotopic (exact) mass is 416 g/mol. The molecule has 2 aromatic rings. The lowest BCUT2D eigenvalue weighted by Gasteiger charge is -2.34. The van der Waals surface area contributed by atoms with Gasteiger partial charge in [-0.05, 0) is 59.5 Å². The van der Waals surface area contributed by atoms with Gasteiger partial charge in [0.25, 0.3) is 5.91 Å². The molecule has 1 amide bonds. The van der Waals surface area contributed by atoms with Crippen LogP contribution in [0.5, 0.6) is 0 Å². The molecule has 24 heavy (non-hydrogen) atoms. The second kappa shape index (κ2) is 8.09. The number of carbonyl (C=O) groups is 1. The van der Waals surface area contributed by atoms with Crippen molar-refractivity contribution in [3.63, 3.8) is 0 Å². The van der Waals surface area contributed by atoms with Gasteiger partial charge in [-0.25, -0.2) is 9.07 Å². The van der Waals surface area contributed by atoms with Gasteiger partial charge in [0.15, 0.2) is 5.69 Å². The lowest BCUT2D eigenvalue weighted by Crippen LogP contribution is -2.47. The minimum absolute atomic E-state index is 0. The molecule has 1 atom stereocenters. The largest absolute Gasteiger partial charge is 0.333 e. The van der Waals surface area contributed by atoms with Gasteiger partial charge >= 0.3 is 0 Å². The summed E-state index contributed by atoms with van der Waals surface area (Å²) in [7, 11) is 0. The van der Waals surface area contributed by atoms with Gasteiger partial charge in [-0.1, -0.05) is 0 Å². The molecule has 2 N–H and O–H groups in total. The van der Waals surface area contributed by atoms with Gasteiger partial charge < -0.3 is 10.6 Å². The summed E-state index contributed by atoms with van der Waals surface area (Å²) in [5, 5.41) is 4.37. The molecule has 1 aromatic carbocycles. The van der Waals surface area contributed by atoms with Crippen LogP contribution >= 0.6 is 28.3 Å². The number of likely N-dealkylation sites (tertiary alicyclic amines) is 1. The number of rotatable bonds is 3. The second-order valence-electron chi connectivity index (χ2n) is 5.63. The Hall–Kier alpha value is -1.44. The molecule has 8 heteroatoms. The fourth-order valence-corrected chi connectivity index (χ4v) is 3.32. The van der Waals surface area contributed by atoms with Crippen LogP contribution in [0.15, 0.2) is 34.9 Å². The summed E-state index contributed by atoms with van der Waals surface area (Å²) in [5.41, 5.74) is 6.84. The predicted octanol–water partition coefficient (Wildman–Crippen LogP) is 3.15. The van der Waals surface area contributed by atoms with Crippen LogP contribution in [0.2, 0.25) is 0 Å². The maximum atomic E-state index is 13.0. The highest BCUT2D eigenvalue weighted by molar-refractivity contribution is 9.10. The van der Waals surface area contributed by atoms with Crippen LogP contribution in [0.4, 0.5) is 4.39 Å². The SMILES string of the molecule is Cl.NCC1CCCCN1C(=O)c1nn(-c2ccc(F)cc2)cc1Br. The first-order valence-electron chi connectivity index (χ1n) is 7.62. The Labute approximate surface area is 154 Å². The third kappa shape index (κ3) is 3.79. The summed E-state index contributed by atoms with van der Waals surface area (Å²) in [6.07, 6.45) is 4.72. The lowest BCUT2D eigenvalue weighted by molar-refractivity contribution is 0.0616. The number of piperidine rings is 1. The zero-order valence-electron chi connectivity index (χ0n) is 13.0. The van der Waals surface area contributed by atoms with E-state index >= 15 is 0 Å². The van der Waals surface area contributed by atoms with Crippen LogP contribution in [0.3, 0.4) is 0 Å². The smallest absolute Gasteiger partial charge is 0.275 e. The Morgan fingerprint density at radius 2 is 2.04 bits per heavy atom. The molecule has 3 rings (SSSR count). The molecular formula is C16H19BrClFN4O. The number of aromatic nitrogens is 2. The minimum atomic E-state index is -0.310. The normalized spacial score (nSPS) is 17.5. The van der Waals surface area contributed by atoms with Crippen molar-refractivity contribution in [1.82, 2.24) is 14.7 Å². The van der Waals surface area contributed by atoms with Crippen molar-refractivity contribution >= 4 is 34.2 Å². The molecule has 1 aliphatic rings. The number of hydrogen-bond donors (Lipinski definition) is 1. The first kappa shape index (κ1) is 18.9. The van der Waals surface area contributed by atoms with E-state index in [1.165, 1.54) is 12.1 Å². The van der Waals surface area contributed by atoms with E-state index in [0.29, 0.717) is 28.9 Å². The van der Waals surface area contributed by atoms with Crippen LogP contribution in [0.1, 0.15) is 29.8 Å². The van der Waals surface area contributed by atoms with Crippen LogP contribution in [-0.4, -0.2) is 39.7 Å². The molecule has 0 aliphatic carbocycles. The number of nitrogens with zero attached hydrogens (tertiary/aromatic N) is 3. The minimum Gasteiger partial charge on any atom is -0.333 e. The zero-order chi connectivity index (χ0) is 16.4. The van der Waals surface area contributed by atoms with Crippen LogP contribution < -0.4 is 5.73 Å². The Morgan fingerprint density at radius 1 is 1.33 bits per heavy atom. The van der Waals surface area contributed by atoms with Gasteiger partial charge in [0, 0.05) is 25.3 Å². The Balaban J connectivity index is 0.00000208. The highest BCUT2D eigenvalue weighted by Gasteiger charge is 2.29. The van der Waals surface area contributed by atoms with E-state index in [1.54, 1.807) is 23.0 Å². The van der Waals surface area contributed by atoms with Gasteiger partial charge in [-0.3, -0.25) is 4.79 Å². The number of amides is 1. The highest BCUT2D eigenvalue weighted by Crippen LogP contribution is 2.24. The molecule has 1 unspecified atom stereocenters.